The van der Waals surface area contributed by atoms with E-state index in [1.165, 1.54) is 0 Å². The molecule has 19 heavy (non-hydrogen) atoms. The van der Waals surface area contributed by atoms with Crippen LogP contribution in [-0.4, -0.2) is 43.8 Å². The summed E-state index contributed by atoms with van der Waals surface area (Å²) in [6.07, 6.45) is 5.73. The molecule has 1 aliphatic rings. The molecule has 0 saturated heterocycles. The van der Waals surface area contributed by atoms with Crippen molar-refractivity contribution < 1.29 is 4.79 Å². The van der Waals surface area contributed by atoms with Crippen molar-refractivity contribution in [1.82, 2.24) is 30.2 Å². The number of nitrogens with zero attached hydrogens (tertiary/aromatic N) is 3. The molecular weight excluding hydrogens is 244 g/mol. The van der Waals surface area contributed by atoms with E-state index in [1.807, 2.05) is 0 Å². The first-order valence-electron chi connectivity index (χ1n) is 6.22. The van der Waals surface area contributed by atoms with Gasteiger partial charge in [0, 0.05) is 32.4 Å². The smallest absolute Gasteiger partial charge is 0.240 e. The summed E-state index contributed by atoms with van der Waals surface area (Å²) in [5.41, 5.74) is 2.04. The lowest BCUT2D eigenvalue weighted by Gasteiger charge is -2.26. The van der Waals surface area contributed by atoms with E-state index in [4.69, 9.17) is 0 Å². The van der Waals surface area contributed by atoms with Gasteiger partial charge in [0.1, 0.15) is 5.82 Å². The van der Waals surface area contributed by atoms with Crippen LogP contribution in [0, 0.1) is 0 Å². The summed E-state index contributed by atoms with van der Waals surface area (Å²) in [5.74, 6) is 0.845. The molecule has 0 saturated carbocycles. The Kier molecular flexibility index (Phi) is 3.04. The van der Waals surface area contributed by atoms with Crippen LogP contribution < -0.4 is 5.32 Å². The van der Waals surface area contributed by atoms with Crippen LogP contribution in [0.1, 0.15) is 17.2 Å². The minimum absolute atomic E-state index is 0.0602. The SMILES string of the molecule is CN(Cc1ncc[nH]1)C(=O)C1Cc2nc[nH]c2CN1. The molecule has 2 aromatic heterocycles. The highest BCUT2D eigenvalue weighted by atomic mass is 16.2. The van der Waals surface area contributed by atoms with Gasteiger partial charge in [-0.25, -0.2) is 9.97 Å². The fraction of sp³-hybridized carbons (Fsp3) is 0.417. The lowest BCUT2D eigenvalue weighted by Crippen LogP contribution is -2.48. The van der Waals surface area contributed by atoms with Gasteiger partial charge in [0.05, 0.1) is 30.3 Å². The third-order valence-corrected chi connectivity index (χ3v) is 3.35. The number of amides is 1. The number of likely N-dealkylation sites (N-methyl/N-ethyl adjacent to an activating group) is 1. The maximum absolute atomic E-state index is 12.3. The Balaban J connectivity index is 1.65. The van der Waals surface area contributed by atoms with E-state index >= 15 is 0 Å². The summed E-state index contributed by atoms with van der Waals surface area (Å²) in [5, 5.41) is 3.23. The Morgan fingerprint density at radius 3 is 3.16 bits per heavy atom. The standard InChI is InChI=1S/C12H16N6O/c1-18(6-11-13-2-3-14-11)12(19)9-4-8-10(5-15-9)17-7-16-8/h2-3,7,9,15H,4-6H2,1H3,(H,13,14)(H,16,17). The van der Waals surface area contributed by atoms with Crippen molar-refractivity contribution in [3.05, 3.63) is 35.9 Å². The minimum Gasteiger partial charge on any atom is -0.347 e. The quantitative estimate of drug-likeness (QED) is 0.713. The van der Waals surface area contributed by atoms with E-state index in [2.05, 4.69) is 25.3 Å². The van der Waals surface area contributed by atoms with Crippen molar-refractivity contribution in [2.75, 3.05) is 7.05 Å². The maximum atomic E-state index is 12.3. The van der Waals surface area contributed by atoms with E-state index in [0.29, 0.717) is 19.5 Å². The van der Waals surface area contributed by atoms with Crippen molar-refractivity contribution in [3.8, 4) is 0 Å². The molecule has 1 amide bonds. The molecule has 1 atom stereocenters. The van der Waals surface area contributed by atoms with Gasteiger partial charge in [-0.2, -0.15) is 0 Å². The van der Waals surface area contributed by atoms with Crippen LogP contribution in [0.3, 0.4) is 0 Å². The molecule has 7 nitrogen and oxygen atoms in total. The zero-order chi connectivity index (χ0) is 13.2. The van der Waals surface area contributed by atoms with Crippen LogP contribution >= 0.6 is 0 Å². The van der Waals surface area contributed by atoms with Crippen molar-refractivity contribution in [1.29, 1.82) is 0 Å². The number of fused-ring (bicyclic) bond motifs is 1. The molecule has 3 N–H and O–H groups in total. The zero-order valence-electron chi connectivity index (χ0n) is 10.7. The lowest BCUT2D eigenvalue weighted by molar-refractivity contribution is -0.133. The summed E-state index contributed by atoms with van der Waals surface area (Å²) in [7, 11) is 1.78. The minimum atomic E-state index is -0.212. The lowest BCUT2D eigenvalue weighted by atomic mass is 10.0. The number of aromatic nitrogens is 4. The van der Waals surface area contributed by atoms with Gasteiger partial charge in [-0.15, -0.1) is 0 Å². The molecule has 7 heteroatoms. The van der Waals surface area contributed by atoms with Crippen molar-refractivity contribution in [3.63, 3.8) is 0 Å². The number of aromatic amines is 2. The maximum Gasteiger partial charge on any atom is 0.240 e. The molecule has 0 spiro atoms. The highest BCUT2D eigenvalue weighted by Gasteiger charge is 2.28. The number of imidazole rings is 2. The summed E-state index contributed by atoms with van der Waals surface area (Å²) < 4.78 is 0. The molecular formula is C12H16N6O. The normalized spacial score (nSPS) is 18.1. The van der Waals surface area contributed by atoms with Gasteiger partial charge >= 0.3 is 0 Å². The molecule has 0 radical (unpaired) electrons. The second-order valence-electron chi connectivity index (χ2n) is 4.70. The van der Waals surface area contributed by atoms with Gasteiger partial charge in [0.25, 0.3) is 0 Å². The van der Waals surface area contributed by atoms with Gasteiger partial charge in [-0.05, 0) is 0 Å². The second-order valence-corrected chi connectivity index (χ2v) is 4.70. The van der Waals surface area contributed by atoms with Crippen LogP contribution in [0.4, 0.5) is 0 Å². The molecule has 0 bridgehead atoms. The first-order chi connectivity index (χ1) is 9.24. The molecule has 2 aromatic rings. The van der Waals surface area contributed by atoms with Crippen molar-refractivity contribution in [2.45, 2.75) is 25.6 Å². The summed E-state index contributed by atoms with van der Waals surface area (Å²) in [6, 6.07) is -0.212. The number of hydrogen-bond donors (Lipinski definition) is 3. The van der Waals surface area contributed by atoms with Gasteiger partial charge < -0.3 is 14.9 Å². The highest BCUT2D eigenvalue weighted by Crippen LogP contribution is 2.13. The first-order valence-corrected chi connectivity index (χ1v) is 6.22. The van der Waals surface area contributed by atoms with E-state index in [1.54, 1.807) is 30.7 Å². The average molecular weight is 260 g/mol. The average Bonchev–Trinajstić information content (AvgIpc) is 3.07. The van der Waals surface area contributed by atoms with Crippen molar-refractivity contribution in [2.24, 2.45) is 0 Å². The van der Waals surface area contributed by atoms with Crippen LogP contribution in [0.2, 0.25) is 0 Å². The molecule has 1 unspecified atom stereocenters. The van der Waals surface area contributed by atoms with Gasteiger partial charge in [-0.1, -0.05) is 0 Å². The molecule has 100 valence electrons. The van der Waals surface area contributed by atoms with Crippen LogP contribution in [0.25, 0.3) is 0 Å². The number of carbonyl (C=O) groups is 1. The molecule has 0 fully saturated rings. The van der Waals surface area contributed by atoms with Crippen LogP contribution in [0.15, 0.2) is 18.7 Å². The summed E-state index contributed by atoms with van der Waals surface area (Å²) in [4.78, 5) is 28.4. The zero-order valence-corrected chi connectivity index (χ0v) is 10.7. The number of hydrogen-bond acceptors (Lipinski definition) is 4. The van der Waals surface area contributed by atoms with E-state index in [-0.39, 0.29) is 11.9 Å². The number of rotatable bonds is 3. The predicted molar refractivity (Wildman–Crippen MR) is 68.0 cm³/mol. The highest BCUT2D eigenvalue weighted by molar-refractivity contribution is 5.82. The van der Waals surface area contributed by atoms with Gasteiger partial charge in [-0.3, -0.25) is 10.1 Å². The number of carbonyl (C=O) groups excluding carboxylic acids is 1. The predicted octanol–water partition coefficient (Wildman–Crippen LogP) is -0.194. The summed E-state index contributed by atoms with van der Waals surface area (Å²) in [6.45, 7) is 1.14. The van der Waals surface area contributed by atoms with E-state index in [9.17, 15) is 4.79 Å². The molecule has 0 aromatic carbocycles. The fourth-order valence-electron chi connectivity index (χ4n) is 2.30. The molecule has 1 aliphatic heterocycles. The number of nitrogens with one attached hydrogen (secondary N) is 3. The van der Waals surface area contributed by atoms with E-state index < -0.39 is 0 Å². The molecule has 3 heterocycles. The third-order valence-electron chi connectivity index (χ3n) is 3.35. The van der Waals surface area contributed by atoms with E-state index in [0.717, 1.165) is 17.2 Å². The van der Waals surface area contributed by atoms with Gasteiger partial charge in [0.15, 0.2) is 0 Å². The fourth-order valence-corrected chi connectivity index (χ4v) is 2.30. The van der Waals surface area contributed by atoms with Crippen LogP contribution in [0.5, 0.6) is 0 Å². The Morgan fingerprint density at radius 1 is 1.47 bits per heavy atom. The monoisotopic (exact) mass is 260 g/mol. The Bertz CT molecular complexity index is 561. The Hall–Kier alpha value is -2.15. The van der Waals surface area contributed by atoms with Crippen molar-refractivity contribution >= 4 is 5.91 Å². The first kappa shape index (κ1) is 11.9. The van der Waals surface area contributed by atoms with Gasteiger partial charge in [0.2, 0.25) is 5.91 Å². The number of H-pyrrole nitrogens is 2. The van der Waals surface area contributed by atoms with Crippen LogP contribution in [-0.2, 0) is 24.3 Å². The molecule has 0 aliphatic carbocycles. The largest absolute Gasteiger partial charge is 0.347 e. The second kappa shape index (κ2) is 4.85. The topological polar surface area (TPSA) is 89.7 Å². The summed E-state index contributed by atoms with van der Waals surface area (Å²) >= 11 is 0. The Labute approximate surface area is 110 Å². The third kappa shape index (κ3) is 2.37. The Morgan fingerprint density at radius 2 is 2.37 bits per heavy atom. The molecule has 3 rings (SSSR count).